The summed E-state index contributed by atoms with van der Waals surface area (Å²) in [6, 6.07) is 17.8. The SMILES string of the molecule is COc1ccc(COC[C@H](CO)[C@H]2O[C@@H]3OC(C)(C)O[C@@H]3[C@@H]2COCc2ccccc2)cc1. The van der Waals surface area contributed by atoms with Gasteiger partial charge in [-0.2, -0.15) is 0 Å². The van der Waals surface area contributed by atoms with Crippen LogP contribution in [0.1, 0.15) is 25.0 Å². The third kappa shape index (κ3) is 6.12. The van der Waals surface area contributed by atoms with Crippen molar-refractivity contribution in [2.75, 3.05) is 26.9 Å². The zero-order chi connectivity index (χ0) is 23.3. The molecule has 0 unspecified atom stereocenters. The maximum Gasteiger partial charge on any atom is 0.187 e. The van der Waals surface area contributed by atoms with Crippen molar-refractivity contribution in [3.05, 3.63) is 65.7 Å². The molecule has 1 N–H and O–H groups in total. The van der Waals surface area contributed by atoms with E-state index in [0.29, 0.717) is 26.4 Å². The number of benzene rings is 2. The average Bonchev–Trinajstić information content (AvgIpc) is 3.30. The van der Waals surface area contributed by atoms with Gasteiger partial charge < -0.3 is 33.5 Å². The van der Waals surface area contributed by atoms with Gasteiger partial charge in [0.15, 0.2) is 12.1 Å². The largest absolute Gasteiger partial charge is 0.497 e. The Labute approximate surface area is 195 Å². The Morgan fingerprint density at radius 3 is 2.33 bits per heavy atom. The molecule has 0 bridgehead atoms. The molecule has 2 aliphatic heterocycles. The Bertz CT molecular complexity index is 855. The normalized spacial score (nSPS) is 26.8. The molecule has 2 saturated heterocycles. The summed E-state index contributed by atoms with van der Waals surface area (Å²) in [4.78, 5) is 0. The van der Waals surface area contributed by atoms with Gasteiger partial charge in [-0.25, -0.2) is 0 Å². The first-order valence-corrected chi connectivity index (χ1v) is 11.4. The van der Waals surface area contributed by atoms with Crippen LogP contribution in [-0.4, -0.2) is 56.3 Å². The molecule has 0 saturated carbocycles. The number of methoxy groups -OCH3 is 1. The lowest BCUT2D eigenvalue weighted by Gasteiger charge is -2.30. The number of fused-ring (bicyclic) bond motifs is 1. The van der Waals surface area contributed by atoms with Crippen LogP contribution in [0.15, 0.2) is 54.6 Å². The van der Waals surface area contributed by atoms with Crippen molar-refractivity contribution < 1.29 is 33.5 Å². The fraction of sp³-hybridized carbons (Fsp3) is 0.538. The van der Waals surface area contributed by atoms with E-state index in [2.05, 4.69) is 0 Å². The Balaban J connectivity index is 1.36. The van der Waals surface area contributed by atoms with E-state index in [1.54, 1.807) is 7.11 Å². The van der Waals surface area contributed by atoms with Crippen molar-refractivity contribution in [2.45, 2.75) is 51.3 Å². The smallest absolute Gasteiger partial charge is 0.187 e. The number of hydrogen-bond acceptors (Lipinski definition) is 7. The molecule has 0 spiro atoms. The first kappa shape index (κ1) is 24.1. The molecule has 2 heterocycles. The highest BCUT2D eigenvalue weighted by Crippen LogP contribution is 2.43. The standard InChI is InChI=1S/C26H34O7/c1-26(2)32-24-22(17-30-14-18-7-5-4-6-8-18)23(31-25(24)33-26)20(13-27)16-29-15-19-9-11-21(28-3)12-10-19/h4-12,20,22-25,27H,13-17H2,1-3H3/t20-,22+,23+,24+,25+/m0/s1. The minimum atomic E-state index is -0.711. The summed E-state index contributed by atoms with van der Waals surface area (Å²) in [5.41, 5.74) is 2.14. The zero-order valence-corrected chi connectivity index (χ0v) is 19.5. The van der Waals surface area contributed by atoms with Crippen LogP contribution in [0.5, 0.6) is 5.75 Å². The summed E-state index contributed by atoms with van der Waals surface area (Å²) in [6.45, 7) is 5.44. The van der Waals surface area contributed by atoms with Gasteiger partial charge in [-0.1, -0.05) is 42.5 Å². The molecule has 0 amide bonds. The Hall–Kier alpha value is -2.00. The first-order valence-electron chi connectivity index (χ1n) is 11.4. The second kappa shape index (κ2) is 11.0. The van der Waals surface area contributed by atoms with Crippen LogP contribution in [0.25, 0.3) is 0 Å². The van der Waals surface area contributed by atoms with E-state index in [0.717, 1.165) is 16.9 Å². The predicted molar refractivity (Wildman–Crippen MR) is 122 cm³/mol. The highest BCUT2D eigenvalue weighted by Gasteiger charge is 2.56. The third-order valence-corrected chi connectivity index (χ3v) is 6.10. The molecular formula is C26H34O7. The van der Waals surface area contributed by atoms with E-state index in [9.17, 15) is 5.11 Å². The fourth-order valence-corrected chi connectivity index (χ4v) is 4.43. The number of hydrogen-bond donors (Lipinski definition) is 1. The Morgan fingerprint density at radius 2 is 1.64 bits per heavy atom. The summed E-state index contributed by atoms with van der Waals surface area (Å²) < 4.78 is 35.5. The van der Waals surface area contributed by atoms with Gasteiger partial charge in [0.05, 0.1) is 46.2 Å². The highest BCUT2D eigenvalue weighted by atomic mass is 16.8. The summed E-state index contributed by atoms with van der Waals surface area (Å²) in [7, 11) is 1.64. The molecule has 0 aromatic heterocycles. The molecule has 2 aliphatic rings. The van der Waals surface area contributed by atoms with Gasteiger partial charge in [0.25, 0.3) is 0 Å². The summed E-state index contributed by atoms with van der Waals surface area (Å²) in [5.74, 6) is -0.215. The van der Waals surface area contributed by atoms with Crippen LogP contribution in [-0.2, 0) is 36.9 Å². The molecule has 2 fully saturated rings. The van der Waals surface area contributed by atoms with E-state index in [4.69, 9.17) is 28.4 Å². The number of aliphatic hydroxyl groups is 1. The molecule has 7 heteroatoms. The van der Waals surface area contributed by atoms with Crippen LogP contribution < -0.4 is 4.74 Å². The minimum Gasteiger partial charge on any atom is -0.497 e. The van der Waals surface area contributed by atoms with Crippen molar-refractivity contribution in [1.29, 1.82) is 0 Å². The predicted octanol–water partition coefficient (Wildman–Crippen LogP) is 3.53. The van der Waals surface area contributed by atoms with Crippen molar-refractivity contribution >= 4 is 0 Å². The van der Waals surface area contributed by atoms with Crippen molar-refractivity contribution in [3.63, 3.8) is 0 Å². The molecule has 7 nitrogen and oxygen atoms in total. The second-order valence-electron chi connectivity index (χ2n) is 9.04. The molecule has 4 rings (SSSR count). The molecular weight excluding hydrogens is 424 g/mol. The molecule has 180 valence electrons. The first-order chi connectivity index (χ1) is 16.0. The van der Waals surface area contributed by atoms with E-state index >= 15 is 0 Å². The van der Waals surface area contributed by atoms with E-state index < -0.39 is 12.1 Å². The maximum absolute atomic E-state index is 10.1. The van der Waals surface area contributed by atoms with Gasteiger partial charge in [-0.3, -0.25) is 0 Å². The van der Waals surface area contributed by atoms with Crippen LogP contribution in [0.3, 0.4) is 0 Å². The zero-order valence-electron chi connectivity index (χ0n) is 19.5. The van der Waals surface area contributed by atoms with Gasteiger partial charge in [-0.15, -0.1) is 0 Å². The van der Waals surface area contributed by atoms with E-state index in [-0.39, 0.29) is 30.7 Å². The molecule has 5 atom stereocenters. The number of aliphatic hydroxyl groups excluding tert-OH is 1. The van der Waals surface area contributed by atoms with Gasteiger partial charge >= 0.3 is 0 Å². The Kier molecular flexibility index (Phi) is 8.01. The quantitative estimate of drug-likeness (QED) is 0.552. The molecule has 2 aromatic rings. The molecule has 0 radical (unpaired) electrons. The average molecular weight is 459 g/mol. The van der Waals surface area contributed by atoms with Crippen molar-refractivity contribution in [2.24, 2.45) is 11.8 Å². The summed E-state index contributed by atoms with van der Waals surface area (Å²) >= 11 is 0. The monoisotopic (exact) mass is 458 g/mol. The van der Waals surface area contributed by atoms with Crippen LogP contribution in [0.2, 0.25) is 0 Å². The molecule has 2 aromatic carbocycles. The van der Waals surface area contributed by atoms with E-state index in [1.165, 1.54) is 0 Å². The molecule has 0 aliphatic carbocycles. The Morgan fingerprint density at radius 1 is 0.939 bits per heavy atom. The van der Waals surface area contributed by atoms with Gasteiger partial charge in [0.1, 0.15) is 11.9 Å². The molecule has 33 heavy (non-hydrogen) atoms. The van der Waals surface area contributed by atoms with Crippen LogP contribution in [0.4, 0.5) is 0 Å². The topological polar surface area (TPSA) is 75.6 Å². The van der Waals surface area contributed by atoms with E-state index in [1.807, 2.05) is 68.4 Å². The van der Waals surface area contributed by atoms with Gasteiger partial charge in [-0.05, 0) is 37.1 Å². The lowest BCUT2D eigenvalue weighted by Crippen LogP contribution is -2.39. The number of ether oxygens (including phenoxy) is 6. The maximum atomic E-state index is 10.1. The van der Waals surface area contributed by atoms with Gasteiger partial charge in [0, 0.05) is 11.8 Å². The minimum absolute atomic E-state index is 0.0642. The lowest BCUT2D eigenvalue weighted by atomic mass is 9.90. The highest BCUT2D eigenvalue weighted by molar-refractivity contribution is 5.26. The lowest BCUT2D eigenvalue weighted by molar-refractivity contribution is -0.221. The second-order valence-corrected chi connectivity index (χ2v) is 9.04. The number of rotatable bonds is 11. The van der Waals surface area contributed by atoms with Gasteiger partial charge in [0.2, 0.25) is 0 Å². The third-order valence-electron chi connectivity index (χ3n) is 6.10. The fourth-order valence-electron chi connectivity index (χ4n) is 4.43. The van der Waals surface area contributed by atoms with Crippen LogP contribution in [0, 0.1) is 11.8 Å². The summed E-state index contributed by atoms with van der Waals surface area (Å²) in [5, 5.41) is 10.1. The van der Waals surface area contributed by atoms with Crippen molar-refractivity contribution in [3.8, 4) is 5.75 Å². The van der Waals surface area contributed by atoms with Crippen LogP contribution >= 0.6 is 0 Å². The van der Waals surface area contributed by atoms with Crippen molar-refractivity contribution in [1.82, 2.24) is 0 Å². The summed E-state index contributed by atoms with van der Waals surface area (Å²) in [6.07, 6.45) is -1.03.